The van der Waals surface area contributed by atoms with E-state index in [0.717, 1.165) is 28.0 Å². The average Bonchev–Trinajstić information content (AvgIpc) is 3.12. The molecule has 0 amide bonds. The van der Waals surface area contributed by atoms with Gasteiger partial charge in [0.2, 0.25) is 0 Å². The topological polar surface area (TPSA) is 47.3 Å². The zero-order chi connectivity index (χ0) is 21.0. The van der Waals surface area contributed by atoms with Crippen molar-refractivity contribution < 1.29 is 9.84 Å². The number of aromatic nitrogens is 2. The van der Waals surface area contributed by atoms with E-state index >= 15 is 0 Å². The molecule has 0 spiro atoms. The molecule has 1 N–H and O–H groups in total. The number of hydrogen-bond donors (Lipinski definition) is 1. The maximum atomic E-state index is 10.9. The first-order valence-electron chi connectivity index (χ1n) is 11.1. The molecule has 1 unspecified atom stereocenters. The molecule has 4 nitrogen and oxygen atoms in total. The second-order valence-corrected chi connectivity index (χ2v) is 8.39. The van der Waals surface area contributed by atoms with Crippen molar-refractivity contribution in [3.05, 3.63) is 102 Å². The van der Waals surface area contributed by atoms with Gasteiger partial charge < -0.3 is 14.4 Å². The van der Waals surface area contributed by atoms with Crippen LogP contribution >= 0.6 is 0 Å². The second kappa shape index (κ2) is 9.04. The molecule has 1 aromatic heterocycles. The predicted octanol–water partition coefficient (Wildman–Crippen LogP) is 5.47. The Labute approximate surface area is 183 Å². The Hall–Kier alpha value is -2.95. The summed E-state index contributed by atoms with van der Waals surface area (Å²) in [5, 5.41) is 10.9. The minimum atomic E-state index is -0.619. The summed E-state index contributed by atoms with van der Waals surface area (Å²) < 4.78 is 8.50. The van der Waals surface area contributed by atoms with Crippen molar-refractivity contribution in [2.75, 3.05) is 6.61 Å². The number of aliphatic hydroxyl groups is 1. The first-order valence-corrected chi connectivity index (χ1v) is 11.1. The van der Waals surface area contributed by atoms with Crippen LogP contribution in [0.25, 0.3) is 11.0 Å². The van der Waals surface area contributed by atoms with E-state index in [2.05, 4.69) is 41.0 Å². The normalized spacial score (nSPS) is 15.3. The van der Waals surface area contributed by atoms with Crippen LogP contribution in [0.5, 0.6) is 0 Å². The fourth-order valence-electron chi connectivity index (χ4n) is 4.38. The first kappa shape index (κ1) is 20.0. The molecule has 0 saturated heterocycles. The van der Waals surface area contributed by atoms with E-state index < -0.39 is 6.10 Å². The molecule has 0 aliphatic heterocycles. The summed E-state index contributed by atoms with van der Waals surface area (Å²) >= 11 is 0. The van der Waals surface area contributed by atoms with E-state index in [1.54, 1.807) is 0 Å². The third kappa shape index (κ3) is 4.27. The number of benzene rings is 3. The van der Waals surface area contributed by atoms with Gasteiger partial charge in [-0.05, 0) is 36.1 Å². The van der Waals surface area contributed by atoms with Crippen LogP contribution < -0.4 is 0 Å². The van der Waals surface area contributed by atoms with Crippen LogP contribution in [0.15, 0.2) is 84.9 Å². The fourth-order valence-corrected chi connectivity index (χ4v) is 4.38. The predicted molar refractivity (Wildman–Crippen MR) is 123 cm³/mol. The van der Waals surface area contributed by atoms with Crippen LogP contribution in [0.1, 0.15) is 48.2 Å². The standard InChI is InChI=1S/C27H28N2O2/c30-23(18-29-25-17-8-7-16-24(25)28-27(29)22-14-9-15-22)19-31-26(20-10-3-1-4-11-20)21-12-5-2-6-13-21/h1-8,10-13,16-17,22-23,26,30H,9,14-15,18-19H2. The summed E-state index contributed by atoms with van der Waals surface area (Å²) in [6.07, 6.45) is 2.80. The molecular formula is C27H28N2O2. The molecule has 0 radical (unpaired) electrons. The number of hydrogen-bond acceptors (Lipinski definition) is 3. The lowest BCUT2D eigenvalue weighted by atomic mass is 9.85. The zero-order valence-electron chi connectivity index (χ0n) is 17.6. The number of fused-ring (bicyclic) bond motifs is 1. The van der Waals surface area contributed by atoms with Gasteiger partial charge in [0, 0.05) is 5.92 Å². The Kier molecular flexibility index (Phi) is 5.83. The maximum absolute atomic E-state index is 10.9. The third-order valence-electron chi connectivity index (χ3n) is 6.21. The lowest BCUT2D eigenvalue weighted by Gasteiger charge is -2.27. The van der Waals surface area contributed by atoms with Crippen molar-refractivity contribution >= 4 is 11.0 Å². The fraction of sp³-hybridized carbons (Fsp3) is 0.296. The highest BCUT2D eigenvalue weighted by Crippen LogP contribution is 2.37. The van der Waals surface area contributed by atoms with Gasteiger partial charge in [-0.25, -0.2) is 4.98 Å². The molecule has 1 heterocycles. The van der Waals surface area contributed by atoms with Gasteiger partial charge in [0.25, 0.3) is 0 Å². The summed E-state index contributed by atoms with van der Waals surface area (Å²) in [7, 11) is 0. The van der Waals surface area contributed by atoms with Crippen molar-refractivity contribution in [1.82, 2.24) is 9.55 Å². The third-order valence-corrected chi connectivity index (χ3v) is 6.21. The Morgan fingerprint density at radius 1 is 0.871 bits per heavy atom. The van der Waals surface area contributed by atoms with Crippen LogP contribution in [0.3, 0.4) is 0 Å². The van der Waals surface area contributed by atoms with E-state index in [4.69, 9.17) is 9.72 Å². The number of nitrogens with zero attached hydrogens (tertiary/aromatic N) is 2. The van der Waals surface area contributed by atoms with Gasteiger partial charge in [0.1, 0.15) is 11.9 Å². The Bertz CT molecular complexity index is 1080. The number of imidazole rings is 1. The molecule has 158 valence electrons. The van der Waals surface area contributed by atoms with E-state index in [1.165, 1.54) is 19.3 Å². The smallest absolute Gasteiger partial charge is 0.113 e. The Morgan fingerprint density at radius 3 is 2.10 bits per heavy atom. The highest BCUT2D eigenvalue weighted by molar-refractivity contribution is 5.76. The molecule has 4 heteroatoms. The monoisotopic (exact) mass is 412 g/mol. The van der Waals surface area contributed by atoms with Crippen molar-refractivity contribution in [3.8, 4) is 0 Å². The number of rotatable bonds is 8. The molecule has 5 rings (SSSR count). The summed E-state index contributed by atoms with van der Waals surface area (Å²) in [6, 6.07) is 28.6. The average molecular weight is 413 g/mol. The SMILES string of the molecule is OC(COC(c1ccccc1)c1ccccc1)Cn1c(C2CCC2)nc2ccccc21. The largest absolute Gasteiger partial charge is 0.389 e. The summed E-state index contributed by atoms with van der Waals surface area (Å²) in [4.78, 5) is 4.89. The van der Waals surface area contributed by atoms with Crippen LogP contribution in [0.2, 0.25) is 0 Å². The van der Waals surface area contributed by atoms with Gasteiger partial charge in [-0.15, -0.1) is 0 Å². The highest BCUT2D eigenvalue weighted by atomic mass is 16.5. The van der Waals surface area contributed by atoms with E-state index in [9.17, 15) is 5.11 Å². The molecule has 1 fully saturated rings. The first-order chi connectivity index (χ1) is 15.3. The van der Waals surface area contributed by atoms with Crippen LogP contribution in [0.4, 0.5) is 0 Å². The minimum Gasteiger partial charge on any atom is -0.389 e. The van der Waals surface area contributed by atoms with Gasteiger partial charge in [-0.3, -0.25) is 0 Å². The van der Waals surface area contributed by atoms with E-state index in [0.29, 0.717) is 12.5 Å². The van der Waals surface area contributed by atoms with E-state index in [-0.39, 0.29) is 12.7 Å². The molecule has 1 atom stereocenters. The summed E-state index contributed by atoms with van der Waals surface area (Å²) in [5.74, 6) is 1.61. The number of aliphatic hydroxyl groups excluding tert-OH is 1. The maximum Gasteiger partial charge on any atom is 0.113 e. The van der Waals surface area contributed by atoms with Gasteiger partial charge >= 0.3 is 0 Å². The molecule has 31 heavy (non-hydrogen) atoms. The Balaban J connectivity index is 1.35. The van der Waals surface area contributed by atoms with Crippen LogP contribution in [0, 0.1) is 0 Å². The number of para-hydroxylation sites is 2. The molecule has 1 saturated carbocycles. The molecule has 3 aromatic carbocycles. The number of ether oxygens (including phenoxy) is 1. The van der Waals surface area contributed by atoms with Crippen molar-refractivity contribution in [2.45, 2.75) is 43.9 Å². The Morgan fingerprint density at radius 2 is 1.48 bits per heavy atom. The van der Waals surface area contributed by atoms with E-state index in [1.807, 2.05) is 48.5 Å². The zero-order valence-corrected chi connectivity index (χ0v) is 17.6. The molecule has 4 aromatic rings. The molecular weight excluding hydrogens is 384 g/mol. The second-order valence-electron chi connectivity index (χ2n) is 8.39. The van der Waals surface area contributed by atoms with Crippen molar-refractivity contribution in [2.24, 2.45) is 0 Å². The van der Waals surface area contributed by atoms with Crippen LogP contribution in [-0.4, -0.2) is 27.4 Å². The lowest BCUT2D eigenvalue weighted by Crippen LogP contribution is -2.26. The summed E-state index contributed by atoms with van der Waals surface area (Å²) in [6.45, 7) is 0.744. The quantitative estimate of drug-likeness (QED) is 0.417. The van der Waals surface area contributed by atoms with Crippen molar-refractivity contribution in [3.63, 3.8) is 0 Å². The van der Waals surface area contributed by atoms with Gasteiger partial charge in [0.15, 0.2) is 0 Å². The molecule has 0 bridgehead atoms. The lowest BCUT2D eigenvalue weighted by molar-refractivity contribution is -0.000647. The summed E-state index contributed by atoms with van der Waals surface area (Å²) in [5.41, 5.74) is 4.27. The van der Waals surface area contributed by atoms with Gasteiger partial charge in [-0.2, -0.15) is 0 Å². The highest BCUT2D eigenvalue weighted by Gasteiger charge is 2.27. The van der Waals surface area contributed by atoms with Crippen LogP contribution in [-0.2, 0) is 11.3 Å². The van der Waals surface area contributed by atoms with Gasteiger partial charge in [-0.1, -0.05) is 79.2 Å². The molecule has 1 aliphatic carbocycles. The molecule has 1 aliphatic rings. The minimum absolute atomic E-state index is 0.206. The van der Waals surface area contributed by atoms with Crippen molar-refractivity contribution in [1.29, 1.82) is 0 Å². The van der Waals surface area contributed by atoms with Gasteiger partial charge in [0.05, 0.1) is 30.3 Å².